The van der Waals surface area contributed by atoms with E-state index in [1.807, 2.05) is 12.1 Å². The molecule has 0 amide bonds. The second kappa shape index (κ2) is 6.80. The van der Waals surface area contributed by atoms with Gasteiger partial charge in [0.15, 0.2) is 0 Å². The first kappa shape index (κ1) is 19.0. The van der Waals surface area contributed by atoms with Crippen LogP contribution >= 0.6 is 11.7 Å². The molecule has 2 aromatic heterocycles. The maximum absolute atomic E-state index is 13.6. The minimum absolute atomic E-state index is 0.122. The number of fused-ring (bicyclic) bond motifs is 2. The van der Waals surface area contributed by atoms with Crippen LogP contribution in [0.2, 0.25) is 0 Å². The van der Waals surface area contributed by atoms with E-state index in [9.17, 15) is 13.5 Å². The molecule has 5 rings (SSSR count). The Morgan fingerprint density at radius 1 is 1.24 bits per heavy atom. The molecule has 3 atom stereocenters. The topological polar surface area (TPSA) is 96.3 Å². The number of hydrogen-bond donors (Lipinski definition) is 1. The van der Waals surface area contributed by atoms with Gasteiger partial charge in [0.25, 0.3) is 0 Å². The minimum atomic E-state index is -3.75. The Kier molecular flexibility index (Phi) is 4.47. The van der Waals surface area contributed by atoms with Crippen LogP contribution in [0.25, 0.3) is 11.0 Å². The summed E-state index contributed by atoms with van der Waals surface area (Å²) in [4.78, 5) is 4.41. The van der Waals surface area contributed by atoms with Crippen molar-refractivity contribution < 1.29 is 13.5 Å². The van der Waals surface area contributed by atoms with Crippen molar-refractivity contribution in [1.82, 2.24) is 18.0 Å². The van der Waals surface area contributed by atoms with Crippen molar-refractivity contribution in [2.45, 2.75) is 36.7 Å². The van der Waals surface area contributed by atoms with Gasteiger partial charge in [0.05, 0.1) is 17.3 Å². The number of hydrogen-bond acceptors (Lipinski definition) is 7. The highest BCUT2D eigenvalue weighted by molar-refractivity contribution is 7.89. The van der Waals surface area contributed by atoms with Gasteiger partial charge in [0, 0.05) is 37.0 Å². The lowest BCUT2D eigenvalue weighted by Crippen LogP contribution is -2.43. The molecule has 0 unspecified atom stereocenters. The van der Waals surface area contributed by atoms with E-state index in [4.69, 9.17) is 0 Å². The van der Waals surface area contributed by atoms with Gasteiger partial charge in [-0.3, -0.25) is 4.98 Å². The standard InChI is InChI=1S/C20H22N4O3S2/c1-13-6-7-17-18(23-28-22-17)19(13)29(26,27)24-11-14-4-2-8-20(25,16(14)12-24)15-5-3-9-21-10-15/h3,5-7,9-10,14,16,25H,2,4,8,11-12H2,1H3/t14-,16+,20+/m0/s1. The van der Waals surface area contributed by atoms with Crippen LogP contribution in [0.1, 0.15) is 30.4 Å². The zero-order valence-electron chi connectivity index (χ0n) is 16.0. The summed E-state index contributed by atoms with van der Waals surface area (Å²) in [5.41, 5.74) is 1.43. The zero-order chi connectivity index (χ0) is 20.2. The van der Waals surface area contributed by atoms with Crippen LogP contribution in [0.3, 0.4) is 0 Å². The fourth-order valence-electron chi connectivity index (χ4n) is 5.04. The quantitative estimate of drug-likeness (QED) is 0.686. The fourth-order valence-corrected chi connectivity index (χ4v) is 7.51. The molecular formula is C20H22N4O3S2. The molecule has 2 aliphatic rings. The van der Waals surface area contributed by atoms with Crippen LogP contribution in [0.5, 0.6) is 0 Å². The van der Waals surface area contributed by atoms with Crippen LogP contribution in [0.4, 0.5) is 0 Å². The Bertz CT molecular complexity index is 1160. The van der Waals surface area contributed by atoms with Gasteiger partial charge in [-0.25, -0.2) is 8.42 Å². The van der Waals surface area contributed by atoms with Crippen molar-refractivity contribution in [1.29, 1.82) is 0 Å². The predicted molar refractivity (Wildman–Crippen MR) is 110 cm³/mol. The number of aryl methyl sites for hydroxylation is 1. The zero-order valence-corrected chi connectivity index (χ0v) is 17.7. The first-order valence-corrected chi connectivity index (χ1v) is 11.9. The molecule has 1 aliphatic carbocycles. The van der Waals surface area contributed by atoms with E-state index in [1.165, 1.54) is 4.31 Å². The molecule has 2 fully saturated rings. The molecule has 1 aromatic carbocycles. The Morgan fingerprint density at radius 2 is 2.10 bits per heavy atom. The van der Waals surface area contributed by atoms with Crippen LogP contribution in [-0.2, 0) is 15.6 Å². The summed E-state index contributed by atoms with van der Waals surface area (Å²) >= 11 is 1.02. The lowest BCUT2D eigenvalue weighted by molar-refractivity contribution is -0.0643. The van der Waals surface area contributed by atoms with Crippen molar-refractivity contribution in [2.24, 2.45) is 11.8 Å². The average molecular weight is 431 g/mol. The Balaban J connectivity index is 1.54. The second-order valence-electron chi connectivity index (χ2n) is 8.09. The van der Waals surface area contributed by atoms with Gasteiger partial charge in [-0.15, -0.1) is 0 Å². The maximum atomic E-state index is 13.6. The predicted octanol–water partition coefficient (Wildman–Crippen LogP) is 2.70. The Labute approximate surface area is 173 Å². The average Bonchev–Trinajstić information content (AvgIpc) is 3.36. The van der Waals surface area contributed by atoms with Gasteiger partial charge in [0.2, 0.25) is 10.0 Å². The van der Waals surface area contributed by atoms with Crippen molar-refractivity contribution in [3.05, 3.63) is 47.8 Å². The number of sulfonamides is 1. The molecule has 1 saturated heterocycles. The molecule has 0 radical (unpaired) electrons. The molecule has 7 nitrogen and oxygen atoms in total. The monoisotopic (exact) mass is 430 g/mol. The lowest BCUT2D eigenvalue weighted by Gasteiger charge is -2.41. The molecule has 3 heterocycles. The second-order valence-corrected chi connectivity index (χ2v) is 10.5. The summed E-state index contributed by atoms with van der Waals surface area (Å²) in [5.74, 6) is -0.0277. The summed E-state index contributed by atoms with van der Waals surface area (Å²) in [6.07, 6.45) is 5.79. The van der Waals surface area contributed by atoms with E-state index in [1.54, 1.807) is 31.5 Å². The number of benzene rings is 1. The smallest absolute Gasteiger partial charge is 0.245 e. The number of aromatic nitrogens is 3. The van der Waals surface area contributed by atoms with E-state index in [-0.39, 0.29) is 16.7 Å². The SMILES string of the molecule is Cc1ccc2nsnc2c1S(=O)(=O)N1C[C@@H]2CCC[C@@](O)(c3cccnc3)[C@@H]2C1. The Morgan fingerprint density at radius 3 is 2.90 bits per heavy atom. The van der Waals surface area contributed by atoms with E-state index < -0.39 is 15.6 Å². The fraction of sp³-hybridized carbons (Fsp3) is 0.450. The maximum Gasteiger partial charge on any atom is 0.245 e. The number of pyridine rings is 1. The van der Waals surface area contributed by atoms with Gasteiger partial charge >= 0.3 is 0 Å². The highest BCUT2D eigenvalue weighted by atomic mass is 32.2. The van der Waals surface area contributed by atoms with Gasteiger partial charge in [-0.1, -0.05) is 12.1 Å². The first-order chi connectivity index (χ1) is 13.9. The summed E-state index contributed by atoms with van der Waals surface area (Å²) in [6.45, 7) is 2.51. The molecule has 1 saturated carbocycles. The molecule has 29 heavy (non-hydrogen) atoms. The van der Waals surface area contributed by atoms with Crippen LogP contribution in [-0.4, -0.2) is 44.7 Å². The molecule has 1 N–H and O–H groups in total. The summed E-state index contributed by atoms with van der Waals surface area (Å²) < 4.78 is 37.2. The third-order valence-corrected chi connectivity index (χ3v) is 9.04. The summed E-state index contributed by atoms with van der Waals surface area (Å²) in [7, 11) is -3.75. The van der Waals surface area contributed by atoms with Gasteiger partial charge < -0.3 is 5.11 Å². The van der Waals surface area contributed by atoms with E-state index in [2.05, 4.69) is 13.7 Å². The van der Waals surface area contributed by atoms with Crippen molar-refractivity contribution in [2.75, 3.05) is 13.1 Å². The molecule has 3 aromatic rings. The third-order valence-electron chi connectivity index (χ3n) is 6.49. The summed E-state index contributed by atoms with van der Waals surface area (Å²) in [6, 6.07) is 7.29. The molecule has 0 bridgehead atoms. The van der Waals surface area contributed by atoms with E-state index >= 15 is 0 Å². The molecular weight excluding hydrogens is 408 g/mol. The minimum Gasteiger partial charge on any atom is -0.385 e. The van der Waals surface area contributed by atoms with Crippen LogP contribution in [0.15, 0.2) is 41.6 Å². The van der Waals surface area contributed by atoms with E-state index in [0.29, 0.717) is 36.1 Å². The summed E-state index contributed by atoms with van der Waals surface area (Å²) in [5, 5.41) is 11.6. The number of rotatable bonds is 3. The first-order valence-electron chi connectivity index (χ1n) is 9.76. The van der Waals surface area contributed by atoms with Crippen molar-refractivity contribution >= 4 is 32.8 Å². The number of aliphatic hydroxyl groups is 1. The molecule has 1 aliphatic heterocycles. The number of nitrogens with zero attached hydrogens (tertiary/aromatic N) is 4. The van der Waals surface area contributed by atoms with Gasteiger partial charge in [-0.05, 0) is 49.8 Å². The van der Waals surface area contributed by atoms with Crippen LogP contribution in [0, 0.1) is 18.8 Å². The molecule has 9 heteroatoms. The van der Waals surface area contributed by atoms with Gasteiger partial charge in [-0.2, -0.15) is 13.1 Å². The van der Waals surface area contributed by atoms with Crippen molar-refractivity contribution in [3.8, 4) is 0 Å². The van der Waals surface area contributed by atoms with E-state index in [0.717, 1.165) is 30.1 Å². The molecule has 152 valence electrons. The third kappa shape index (κ3) is 2.91. The largest absolute Gasteiger partial charge is 0.385 e. The lowest BCUT2D eigenvalue weighted by atomic mass is 9.68. The van der Waals surface area contributed by atoms with Crippen LogP contribution < -0.4 is 0 Å². The highest BCUT2D eigenvalue weighted by Gasteiger charge is 2.52. The molecule has 0 spiro atoms. The van der Waals surface area contributed by atoms with Gasteiger partial charge in [0.1, 0.15) is 15.9 Å². The van der Waals surface area contributed by atoms with Crippen molar-refractivity contribution in [3.63, 3.8) is 0 Å². The normalized spacial score (nSPS) is 27.9. The highest BCUT2D eigenvalue weighted by Crippen LogP contribution is 2.49. The Hall–Kier alpha value is -1.94.